The van der Waals surface area contributed by atoms with Gasteiger partial charge in [0.15, 0.2) is 0 Å². The van der Waals surface area contributed by atoms with Crippen LogP contribution in [-0.2, 0) is 18.9 Å². The van der Waals surface area contributed by atoms with Gasteiger partial charge < -0.3 is 5.32 Å². The smallest absolute Gasteiger partial charge is 0.325 e. The topological polar surface area (TPSA) is 86.0 Å². The molecule has 0 saturated carbocycles. The fourth-order valence-corrected chi connectivity index (χ4v) is 3.60. The lowest BCUT2D eigenvalue weighted by Gasteiger charge is -2.12. The minimum absolute atomic E-state index is 0.0450. The van der Waals surface area contributed by atoms with Gasteiger partial charge in [0.2, 0.25) is 5.91 Å². The van der Waals surface area contributed by atoms with Crippen molar-refractivity contribution in [2.24, 2.45) is 14.1 Å². The van der Waals surface area contributed by atoms with Crippen molar-refractivity contribution in [3.05, 3.63) is 62.7 Å². The summed E-state index contributed by atoms with van der Waals surface area (Å²) in [6, 6.07) is 5.45. The van der Waals surface area contributed by atoms with Crippen LogP contribution in [-0.4, -0.2) is 25.8 Å². The Bertz CT molecular complexity index is 1150. The van der Waals surface area contributed by atoms with Gasteiger partial charge in [0.25, 0.3) is 5.56 Å². The molecule has 140 valence electrons. The van der Waals surface area contributed by atoms with Crippen LogP contribution < -0.4 is 16.6 Å². The highest BCUT2D eigenvalue weighted by Gasteiger charge is 2.17. The molecule has 0 aliphatic rings. The first-order valence-corrected chi connectivity index (χ1v) is 9.01. The third-order valence-electron chi connectivity index (χ3n) is 4.07. The number of pyridine rings is 1. The number of carbonyl (C=O) groups is 1. The number of benzene rings is 1. The lowest BCUT2D eigenvalue weighted by molar-refractivity contribution is -0.113. The lowest BCUT2D eigenvalue weighted by Crippen LogP contribution is -2.37. The molecule has 0 bridgehead atoms. The van der Waals surface area contributed by atoms with Crippen LogP contribution in [0.25, 0.3) is 11.0 Å². The Labute approximate surface area is 157 Å². The Balaban J connectivity index is 1.92. The summed E-state index contributed by atoms with van der Waals surface area (Å²) in [5, 5.41) is 2.98. The Kier molecular flexibility index (Phi) is 5.13. The van der Waals surface area contributed by atoms with Crippen LogP contribution in [0.5, 0.6) is 0 Å². The first-order valence-electron chi connectivity index (χ1n) is 8.03. The van der Waals surface area contributed by atoms with Crippen molar-refractivity contribution in [3.63, 3.8) is 0 Å². The van der Waals surface area contributed by atoms with E-state index in [1.54, 1.807) is 20.2 Å². The molecule has 2 aromatic heterocycles. The SMILES string of the molecule is Cc1cnc2c(c1SCC(=O)Nc1ccc(F)cc1)c(=O)n(C)c(=O)n2C. The number of hydrogen-bond donors (Lipinski definition) is 1. The van der Waals surface area contributed by atoms with Crippen LogP contribution in [0.1, 0.15) is 5.56 Å². The zero-order chi connectivity index (χ0) is 19.7. The van der Waals surface area contributed by atoms with Gasteiger partial charge in [-0.25, -0.2) is 14.2 Å². The number of nitrogens with zero attached hydrogens (tertiary/aromatic N) is 3. The van der Waals surface area contributed by atoms with Crippen molar-refractivity contribution in [1.29, 1.82) is 0 Å². The summed E-state index contributed by atoms with van der Waals surface area (Å²) in [5.41, 5.74) is 0.573. The standard InChI is InChI=1S/C18H17FN4O3S/c1-10-8-20-16-14(17(25)23(3)18(26)22(16)2)15(10)27-9-13(24)21-12-6-4-11(19)5-7-12/h4-8H,9H2,1-3H3,(H,21,24). The Morgan fingerprint density at radius 3 is 2.52 bits per heavy atom. The number of hydrogen-bond acceptors (Lipinski definition) is 5. The first-order chi connectivity index (χ1) is 12.8. The molecule has 0 radical (unpaired) electrons. The lowest BCUT2D eigenvalue weighted by atomic mass is 10.2. The molecule has 27 heavy (non-hydrogen) atoms. The number of anilines is 1. The number of halogens is 1. The monoisotopic (exact) mass is 388 g/mol. The van der Waals surface area contributed by atoms with Crippen LogP contribution in [0.3, 0.4) is 0 Å². The van der Waals surface area contributed by atoms with Crippen molar-refractivity contribution in [2.75, 3.05) is 11.1 Å². The number of fused-ring (bicyclic) bond motifs is 1. The molecule has 9 heteroatoms. The van der Waals surface area contributed by atoms with E-state index in [1.165, 1.54) is 47.6 Å². The van der Waals surface area contributed by atoms with Crippen molar-refractivity contribution in [1.82, 2.24) is 14.1 Å². The quantitative estimate of drug-likeness (QED) is 0.689. The van der Waals surface area contributed by atoms with E-state index in [2.05, 4.69) is 10.3 Å². The summed E-state index contributed by atoms with van der Waals surface area (Å²) < 4.78 is 15.3. The predicted octanol–water partition coefficient (Wildman–Crippen LogP) is 1.81. The summed E-state index contributed by atoms with van der Waals surface area (Å²) in [5.74, 6) is -0.635. The molecular weight excluding hydrogens is 371 g/mol. The third-order valence-corrected chi connectivity index (χ3v) is 5.30. The van der Waals surface area contributed by atoms with Gasteiger partial charge in [-0.15, -0.1) is 11.8 Å². The van der Waals surface area contributed by atoms with Gasteiger partial charge >= 0.3 is 5.69 Å². The number of amides is 1. The largest absolute Gasteiger partial charge is 0.332 e. The zero-order valence-electron chi connectivity index (χ0n) is 14.9. The zero-order valence-corrected chi connectivity index (χ0v) is 15.8. The Hall–Kier alpha value is -2.94. The Morgan fingerprint density at radius 2 is 1.85 bits per heavy atom. The molecular formula is C18H17FN4O3S. The summed E-state index contributed by atoms with van der Waals surface area (Å²) in [4.78, 5) is 41.7. The van der Waals surface area contributed by atoms with Gasteiger partial charge in [0.05, 0.1) is 11.1 Å². The molecule has 1 aromatic carbocycles. The van der Waals surface area contributed by atoms with Gasteiger partial charge in [-0.1, -0.05) is 0 Å². The number of aryl methyl sites for hydroxylation is 2. The molecule has 3 rings (SSSR count). The van der Waals surface area contributed by atoms with E-state index in [9.17, 15) is 18.8 Å². The first kappa shape index (κ1) is 18.8. The molecule has 0 unspecified atom stereocenters. The van der Waals surface area contributed by atoms with E-state index in [0.717, 1.165) is 10.1 Å². The number of rotatable bonds is 4. The molecule has 0 spiro atoms. The maximum atomic E-state index is 12.9. The molecule has 0 saturated heterocycles. The molecule has 1 amide bonds. The van der Waals surface area contributed by atoms with Gasteiger partial charge in [-0.2, -0.15) is 0 Å². The average molecular weight is 388 g/mol. The summed E-state index contributed by atoms with van der Waals surface area (Å²) >= 11 is 1.19. The van der Waals surface area contributed by atoms with Gasteiger partial charge in [0, 0.05) is 30.9 Å². The van der Waals surface area contributed by atoms with Crippen LogP contribution in [0.4, 0.5) is 10.1 Å². The molecule has 3 aromatic rings. The minimum atomic E-state index is -0.464. The van der Waals surface area contributed by atoms with Crippen LogP contribution in [0.2, 0.25) is 0 Å². The van der Waals surface area contributed by atoms with Crippen molar-refractivity contribution in [3.8, 4) is 0 Å². The van der Waals surface area contributed by atoms with Crippen LogP contribution in [0.15, 0.2) is 44.9 Å². The molecule has 0 aliphatic heterocycles. The average Bonchev–Trinajstić information content (AvgIpc) is 2.65. The van der Waals surface area contributed by atoms with E-state index in [4.69, 9.17) is 0 Å². The highest BCUT2D eigenvalue weighted by molar-refractivity contribution is 8.00. The second-order valence-electron chi connectivity index (χ2n) is 6.02. The van der Waals surface area contributed by atoms with E-state index in [0.29, 0.717) is 16.0 Å². The van der Waals surface area contributed by atoms with Gasteiger partial charge in [-0.3, -0.25) is 18.7 Å². The maximum Gasteiger partial charge on any atom is 0.332 e. The number of nitrogens with one attached hydrogen (secondary N) is 1. The summed E-state index contributed by atoms with van der Waals surface area (Å²) in [6.07, 6.45) is 1.57. The molecule has 0 atom stereocenters. The predicted molar refractivity (Wildman–Crippen MR) is 103 cm³/mol. The highest BCUT2D eigenvalue weighted by Crippen LogP contribution is 2.27. The minimum Gasteiger partial charge on any atom is -0.325 e. The molecule has 7 nitrogen and oxygen atoms in total. The number of thioether (sulfide) groups is 1. The Morgan fingerprint density at radius 1 is 1.19 bits per heavy atom. The molecule has 1 N–H and O–H groups in total. The fraction of sp³-hybridized carbons (Fsp3) is 0.222. The fourth-order valence-electron chi connectivity index (χ4n) is 2.65. The second kappa shape index (κ2) is 7.36. The number of carbonyl (C=O) groups excluding carboxylic acids is 1. The normalized spacial score (nSPS) is 11.0. The van der Waals surface area contributed by atoms with Crippen molar-refractivity contribution >= 4 is 34.4 Å². The molecule has 0 fully saturated rings. The maximum absolute atomic E-state index is 12.9. The van der Waals surface area contributed by atoms with E-state index >= 15 is 0 Å². The van der Waals surface area contributed by atoms with E-state index < -0.39 is 11.2 Å². The third kappa shape index (κ3) is 3.63. The number of aromatic nitrogens is 3. The second-order valence-corrected chi connectivity index (χ2v) is 7.00. The summed E-state index contributed by atoms with van der Waals surface area (Å²) in [7, 11) is 2.95. The van der Waals surface area contributed by atoms with Crippen LogP contribution >= 0.6 is 11.8 Å². The highest BCUT2D eigenvalue weighted by atomic mass is 32.2. The van der Waals surface area contributed by atoms with Gasteiger partial charge in [0.1, 0.15) is 11.5 Å². The van der Waals surface area contributed by atoms with E-state index in [-0.39, 0.29) is 23.1 Å². The molecule has 0 aliphatic carbocycles. The van der Waals surface area contributed by atoms with Gasteiger partial charge in [-0.05, 0) is 36.8 Å². The van der Waals surface area contributed by atoms with Crippen molar-refractivity contribution < 1.29 is 9.18 Å². The van der Waals surface area contributed by atoms with Crippen LogP contribution in [0, 0.1) is 12.7 Å². The molecule has 2 heterocycles. The van der Waals surface area contributed by atoms with Crippen molar-refractivity contribution in [2.45, 2.75) is 11.8 Å². The summed E-state index contributed by atoms with van der Waals surface area (Å²) in [6.45, 7) is 1.79. The van der Waals surface area contributed by atoms with E-state index in [1.807, 2.05) is 0 Å².